The topological polar surface area (TPSA) is 79.4 Å². The van der Waals surface area contributed by atoms with Gasteiger partial charge in [0.2, 0.25) is 5.91 Å². The van der Waals surface area contributed by atoms with Crippen LogP contribution in [-0.2, 0) is 4.79 Å². The molecule has 1 aliphatic heterocycles. The zero-order chi connectivity index (χ0) is 18.0. The van der Waals surface area contributed by atoms with Crippen LogP contribution in [0.5, 0.6) is 0 Å². The Morgan fingerprint density at radius 3 is 2.76 bits per heavy atom. The molecular weight excluding hydrogens is 386 g/mol. The van der Waals surface area contributed by atoms with Gasteiger partial charge in [-0.15, -0.1) is 0 Å². The molecule has 0 saturated carbocycles. The molecule has 1 aliphatic rings. The Morgan fingerprint density at radius 2 is 2.04 bits per heavy atom. The lowest BCUT2D eigenvalue weighted by atomic mass is 10.2. The molecule has 0 aliphatic carbocycles. The monoisotopic (exact) mass is 401 g/mol. The number of carbonyl (C=O) groups excluding carboxylic acids is 3. The molecule has 6 nitrogen and oxygen atoms in total. The van der Waals surface area contributed by atoms with Gasteiger partial charge >= 0.3 is 0 Å². The van der Waals surface area contributed by atoms with E-state index in [-0.39, 0.29) is 30.5 Å². The maximum absolute atomic E-state index is 12.2. The maximum Gasteiger partial charge on any atom is 0.280 e. The molecule has 7 heteroatoms. The zero-order valence-electron chi connectivity index (χ0n) is 13.6. The average molecular weight is 402 g/mol. The number of pyridine rings is 1. The van der Waals surface area contributed by atoms with Gasteiger partial charge in [-0.25, -0.2) is 0 Å². The standard InChI is InChI=1S/C18H16BrN3O3/c1-11-6-7-14(13(19)10-11)21-15(23)5-3-9-22-17(24)12-4-2-8-20-16(12)18(22)25/h2,4,6-8,10H,3,5,9H2,1H3,(H,21,23). The molecule has 2 heterocycles. The Balaban J connectivity index is 1.54. The van der Waals surface area contributed by atoms with Crippen molar-refractivity contribution in [3.63, 3.8) is 0 Å². The number of halogens is 1. The van der Waals surface area contributed by atoms with Gasteiger partial charge in [0.05, 0.1) is 11.3 Å². The van der Waals surface area contributed by atoms with Crippen molar-refractivity contribution in [2.45, 2.75) is 19.8 Å². The van der Waals surface area contributed by atoms with Crippen molar-refractivity contribution < 1.29 is 14.4 Å². The van der Waals surface area contributed by atoms with Gasteiger partial charge in [-0.05, 0) is 59.1 Å². The van der Waals surface area contributed by atoms with Crippen LogP contribution in [-0.4, -0.2) is 34.2 Å². The van der Waals surface area contributed by atoms with Gasteiger partial charge < -0.3 is 5.32 Å². The van der Waals surface area contributed by atoms with E-state index in [1.165, 1.54) is 6.20 Å². The molecular formula is C18H16BrN3O3. The second-order valence-corrected chi connectivity index (χ2v) is 6.65. The molecule has 0 radical (unpaired) electrons. The molecule has 25 heavy (non-hydrogen) atoms. The molecule has 0 bridgehead atoms. The second-order valence-electron chi connectivity index (χ2n) is 5.80. The molecule has 0 saturated heterocycles. The van der Waals surface area contributed by atoms with Crippen molar-refractivity contribution in [1.29, 1.82) is 0 Å². The van der Waals surface area contributed by atoms with Crippen LogP contribution in [0.3, 0.4) is 0 Å². The summed E-state index contributed by atoms with van der Waals surface area (Å²) in [5.41, 5.74) is 2.28. The van der Waals surface area contributed by atoms with Gasteiger partial charge in [0.15, 0.2) is 0 Å². The average Bonchev–Trinajstić information content (AvgIpc) is 2.83. The summed E-state index contributed by atoms with van der Waals surface area (Å²) in [6, 6.07) is 8.87. The fraction of sp³-hybridized carbons (Fsp3) is 0.222. The first kappa shape index (κ1) is 17.3. The van der Waals surface area contributed by atoms with Crippen molar-refractivity contribution in [3.05, 3.63) is 57.8 Å². The first-order valence-corrected chi connectivity index (χ1v) is 8.64. The van der Waals surface area contributed by atoms with E-state index in [1.54, 1.807) is 12.1 Å². The van der Waals surface area contributed by atoms with E-state index in [9.17, 15) is 14.4 Å². The van der Waals surface area contributed by atoms with Crippen molar-refractivity contribution in [2.24, 2.45) is 0 Å². The van der Waals surface area contributed by atoms with Crippen LogP contribution in [0, 0.1) is 6.92 Å². The first-order valence-electron chi connectivity index (χ1n) is 7.84. The van der Waals surface area contributed by atoms with Crippen molar-refractivity contribution >= 4 is 39.3 Å². The van der Waals surface area contributed by atoms with Crippen molar-refractivity contribution in [1.82, 2.24) is 9.88 Å². The molecule has 1 aromatic carbocycles. The van der Waals surface area contributed by atoms with Crippen LogP contribution >= 0.6 is 15.9 Å². The van der Waals surface area contributed by atoms with Gasteiger partial charge in [0.25, 0.3) is 11.8 Å². The highest BCUT2D eigenvalue weighted by Crippen LogP contribution is 2.24. The number of hydrogen-bond acceptors (Lipinski definition) is 4. The Labute approximate surface area is 153 Å². The van der Waals surface area contributed by atoms with Gasteiger partial charge in [-0.2, -0.15) is 0 Å². The third kappa shape index (κ3) is 3.61. The summed E-state index contributed by atoms with van der Waals surface area (Å²) in [6.45, 7) is 2.16. The van der Waals surface area contributed by atoms with E-state index >= 15 is 0 Å². The lowest BCUT2D eigenvalue weighted by molar-refractivity contribution is -0.116. The Kier molecular flexibility index (Phi) is 4.94. The fourth-order valence-corrected chi connectivity index (χ4v) is 3.24. The predicted molar refractivity (Wildman–Crippen MR) is 96.3 cm³/mol. The number of carbonyl (C=O) groups is 3. The number of amides is 3. The maximum atomic E-state index is 12.2. The highest BCUT2D eigenvalue weighted by atomic mass is 79.9. The Morgan fingerprint density at radius 1 is 1.24 bits per heavy atom. The zero-order valence-corrected chi connectivity index (χ0v) is 15.2. The van der Waals surface area contributed by atoms with E-state index in [1.807, 2.05) is 25.1 Å². The van der Waals surface area contributed by atoms with Crippen LogP contribution in [0.1, 0.15) is 39.3 Å². The van der Waals surface area contributed by atoms with Crippen LogP contribution in [0.2, 0.25) is 0 Å². The van der Waals surface area contributed by atoms with Crippen molar-refractivity contribution in [2.75, 3.05) is 11.9 Å². The van der Waals surface area contributed by atoms with E-state index in [0.29, 0.717) is 17.7 Å². The number of hydrogen-bond donors (Lipinski definition) is 1. The summed E-state index contributed by atoms with van der Waals surface area (Å²) in [5, 5.41) is 2.82. The number of nitrogens with zero attached hydrogens (tertiary/aromatic N) is 2. The summed E-state index contributed by atoms with van der Waals surface area (Å²) in [6.07, 6.45) is 2.09. The number of rotatable bonds is 5. The largest absolute Gasteiger partial charge is 0.325 e. The van der Waals surface area contributed by atoms with E-state index in [2.05, 4.69) is 26.2 Å². The van der Waals surface area contributed by atoms with Crippen LogP contribution in [0.15, 0.2) is 41.0 Å². The van der Waals surface area contributed by atoms with Crippen LogP contribution in [0.25, 0.3) is 0 Å². The SMILES string of the molecule is Cc1ccc(NC(=O)CCCN2C(=O)c3cccnc3C2=O)c(Br)c1. The molecule has 2 aromatic rings. The summed E-state index contributed by atoms with van der Waals surface area (Å²) in [7, 11) is 0. The first-order chi connectivity index (χ1) is 12.0. The fourth-order valence-electron chi connectivity index (χ4n) is 2.65. The number of fused-ring (bicyclic) bond motifs is 1. The molecule has 0 spiro atoms. The van der Waals surface area contributed by atoms with E-state index in [4.69, 9.17) is 0 Å². The van der Waals surface area contributed by atoms with Gasteiger partial charge in [0.1, 0.15) is 5.69 Å². The van der Waals surface area contributed by atoms with Crippen LogP contribution in [0.4, 0.5) is 5.69 Å². The number of anilines is 1. The quantitative estimate of drug-likeness (QED) is 0.780. The van der Waals surface area contributed by atoms with E-state index in [0.717, 1.165) is 14.9 Å². The minimum Gasteiger partial charge on any atom is -0.325 e. The minimum absolute atomic E-state index is 0.167. The molecule has 1 aromatic heterocycles. The highest BCUT2D eigenvalue weighted by molar-refractivity contribution is 9.10. The Bertz CT molecular complexity index is 831. The molecule has 3 amide bonds. The molecule has 0 unspecified atom stereocenters. The Hall–Kier alpha value is -2.54. The van der Waals surface area contributed by atoms with Crippen LogP contribution < -0.4 is 5.32 Å². The van der Waals surface area contributed by atoms with Gasteiger partial charge in [-0.1, -0.05) is 6.07 Å². The highest BCUT2D eigenvalue weighted by Gasteiger charge is 2.36. The number of nitrogens with one attached hydrogen (secondary N) is 1. The number of benzene rings is 1. The lowest BCUT2D eigenvalue weighted by Gasteiger charge is -2.13. The number of aryl methyl sites for hydroxylation is 1. The molecule has 0 atom stereocenters. The summed E-state index contributed by atoms with van der Waals surface area (Å²) >= 11 is 3.41. The van der Waals surface area contributed by atoms with Crippen molar-refractivity contribution in [3.8, 4) is 0 Å². The smallest absolute Gasteiger partial charge is 0.280 e. The normalized spacial score (nSPS) is 13.1. The summed E-state index contributed by atoms with van der Waals surface area (Å²) in [5.74, 6) is -0.920. The van der Waals surface area contributed by atoms with Gasteiger partial charge in [-0.3, -0.25) is 24.3 Å². The number of aromatic nitrogens is 1. The molecule has 0 fully saturated rings. The number of imide groups is 1. The second kappa shape index (κ2) is 7.14. The third-order valence-electron chi connectivity index (χ3n) is 3.92. The molecule has 128 valence electrons. The minimum atomic E-state index is -0.401. The summed E-state index contributed by atoms with van der Waals surface area (Å²) < 4.78 is 0.812. The lowest BCUT2D eigenvalue weighted by Crippen LogP contribution is -2.31. The van der Waals surface area contributed by atoms with E-state index < -0.39 is 5.91 Å². The van der Waals surface area contributed by atoms with Gasteiger partial charge in [0, 0.05) is 23.6 Å². The predicted octanol–water partition coefficient (Wildman–Crippen LogP) is 3.17. The third-order valence-corrected chi connectivity index (χ3v) is 4.57. The summed E-state index contributed by atoms with van der Waals surface area (Å²) in [4.78, 5) is 41.6. The molecule has 3 rings (SSSR count). The molecule has 1 N–H and O–H groups in total.